The molecule has 1 saturated heterocycles. The Kier molecular flexibility index (Phi) is 6.41. The van der Waals surface area contributed by atoms with Gasteiger partial charge in [-0.2, -0.15) is 0 Å². The fourth-order valence-electron chi connectivity index (χ4n) is 4.88. The van der Waals surface area contributed by atoms with Crippen molar-refractivity contribution in [2.75, 3.05) is 23.3 Å². The first-order chi connectivity index (χ1) is 19.0. The number of nitrogens with zero attached hydrogens (tertiary/aromatic N) is 4. The monoisotopic (exact) mass is 540 g/mol. The van der Waals surface area contributed by atoms with E-state index >= 15 is 0 Å². The summed E-state index contributed by atoms with van der Waals surface area (Å²) in [7, 11) is 0. The normalized spacial score (nSPS) is 16.5. The standard InChI is InChI=1S/C28H24N6O4S/c1-2-22(35)33-14-4-5-17(16-33)31-26(36)25-24-23-21(11-13-30-27(23)39-25)34(28(37)32-24)18-7-9-19(10-8-18)38-20-6-3-12-29-15-20/h2-3,6-13,15,17H,1,4-5,14,16H2,(H,31,36)(H,32,37)/t17-/m1/s1. The number of rotatable bonds is 6. The van der Waals surface area contributed by atoms with Crippen molar-refractivity contribution in [3.63, 3.8) is 0 Å². The van der Waals surface area contributed by atoms with E-state index in [0.29, 0.717) is 56.7 Å². The van der Waals surface area contributed by atoms with Gasteiger partial charge in [-0.3, -0.25) is 19.5 Å². The van der Waals surface area contributed by atoms with Crippen LogP contribution in [0, 0.1) is 0 Å². The van der Waals surface area contributed by atoms with E-state index in [4.69, 9.17) is 4.74 Å². The highest BCUT2D eigenvalue weighted by atomic mass is 32.1. The zero-order valence-electron chi connectivity index (χ0n) is 20.8. The van der Waals surface area contributed by atoms with Gasteiger partial charge in [-0.05, 0) is 61.4 Å². The molecule has 0 aliphatic carbocycles. The van der Waals surface area contributed by atoms with Crippen LogP contribution in [-0.4, -0.2) is 51.8 Å². The van der Waals surface area contributed by atoms with Crippen LogP contribution < -0.4 is 20.3 Å². The van der Waals surface area contributed by atoms with E-state index in [2.05, 4.69) is 27.2 Å². The van der Waals surface area contributed by atoms with Gasteiger partial charge < -0.3 is 20.3 Å². The summed E-state index contributed by atoms with van der Waals surface area (Å²) in [5.74, 6) is 0.764. The average molecular weight is 541 g/mol. The number of anilines is 3. The van der Waals surface area contributed by atoms with Crippen molar-refractivity contribution in [2.45, 2.75) is 18.9 Å². The Morgan fingerprint density at radius 1 is 1.15 bits per heavy atom. The summed E-state index contributed by atoms with van der Waals surface area (Å²) < 4.78 is 5.82. The van der Waals surface area contributed by atoms with E-state index < -0.39 is 0 Å². The molecule has 5 heterocycles. The molecule has 196 valence electrons. The predicted octanol–water partition coefficient (Wildman–Crippen LogP) is 5.07. The van der Waals surface area contributed by atoms with Crippen LogP contribution in [0.1, 0.15) is 22.5 Å². The second kappa shape index (κ2) is 10.2. The third kappa shape index (κ3) is 4.68. The van der Waals surface area contributed by atoms with Gasteiger partial charge in [0.1, 0.15) is 21.2 Å². The van der Waals surface area contributed by atoms with E-state index in [1.807, 2.05) is 6.07 Å². The maximum Gasteiger partial charge on any atom is 0.331 e. The minimum atomic E-state index is -0.385. The Labute approximate surface area is 227 Å². The summed E-state index contributed by atoms with van der Waals surface area (Å²) in [4.78, 5) is 51.5. The molecule has 4 aromatic rings. The Morgan fingerprint density at radius 3 is 2.77 bits per heavy atom. The molecule has 0 spiro atoms. The number of amides is 4. The molecule has 4 amide bonds. The number of carbonyl (C=O) groups excluding carboxylic acids is 3. The molecule has 10 nitrogen and oxygen atoms in total. The quantitative estimate of drug-likeness (QED) is 0.330. The van der Waals surface area contributed by atoms with Gasteiger partial charge in [0, 0.05) is 31.5 Å². The number of ether oxygens (including phenoxy) is 1. The Balaban J connectivity index is 1.27. The summed E-state index contributed by atoms with van der Waals surface area (Å²) in [5.41, 5.74) is 1.72. The Bertz CT molecular complexity index is 1590. The zero-order valence-corrected chi connectivity index (χ0v) is 21.6. The first kappa shape index (κ1) is 24.6. The number of likely N-dealkylation sites (tertiary alicyclic amines) is 1. The molecule has 2 N–H and O–H groups in total. The number of carbonyl (C=O) groups is 3. The van der Waals surface area contributed by atoms with Crippen LogP contribution in [-0.2, 0) is 4.79 Å². The van der Waals surface area contributed by atoms with Gasteiger partial charge in [0.25, 0.3) is 5.91 Å². The van der Waals surface area contributed by atoms with Gasteiger partial charge in [-0.15, -0.1) is 11.3 Å². The Morgan fingerprint density at radius 2 is 2.00 bits per heavy atom. The number of piperidine rings is 1. The summed E-state index contributed by atoms with van der Waals surface area (Å²) in [6.07, 6.45) is 7.76. The molecule has 11 heteroatoms. The number of hydrogen-bond acceptors (Lipinski definition) is 7. The lowest BCUT2D eigenvalue weighted by atomic mass is 10.1. The van der Waals surface area contributed by atoms with Crippen LogP contribution >= 0.6 is 11.3 Å². The van der Waals surface area contributed by atoms with Gasteiger partial charge >= 0.3 is 6.03 Å². The average Bonchev–Trinajstić information content (AvgIpc) is 3.33. The predicted molar refractivity (Wildman–Crippen MR) is 149 cm³/mol. The molecule has 3 aromatic heterocycles. The second-order valence-electron chi connectivity index (χ2n) is 9.17. The van der Waals surface area contributed by atoms with Crippen molar-refractivity contribution >= 4 is 56.5 Å². The van der Waals surface area contributed by atoms with Gasteiger partial charge in [0.15, 0.2) is 0 Å². The molecule has 2 aliphatic rings. The van der Waals surface area contributed by atoms with Crippen LogP contribution in [0.25, 0.3) is 10.2 Å². The topological polar surface area (TPSA) is 117 Å². The van der Waals surface area contributed by atoms with E-state index in [1.54, 1.807) is 64.8 Å². The second-order valence-corrected chi connectivity index (χ2v) is 10.2. The molecule has 0 bridgehead atoms. The number of aromatic nitrogens is 2. The number of hydrogen-bond donors (Lipinski definition) is 2. The highest BCUT2D eigenvalue weighted by Crippen LogP contribution is 2.45. The number of nitrogens with one attached hydrogen (secondary N) is 2. The number of urea groups is 1. The molecule has 1 aromatic carbocycles. The van der Waals surface area contributed by atoms with E-state index in [-0.39, 0.29) is 23.9 Å². The highest BCUT2D eigenvalue weighted by Gasteiger charge is 2.33. The van der Waals surface area contributed by atoms with Crippen LogP contribution in [0.5, 0.6) is 11.5 Å². The summed E-state index contributed by atoms with van der Waals surface area (Å²) in [6, 6.07) is 11.9. The maximum atomic E-state index is 13.4. The van der Waals surface area contributed by atoms with Crippen molar-refractivity contribution in [3.8, 4) is 11.5 Å². The van der Waals surface area contributed by atoms with Gasteiger partial charge in [-0.25, -0.2) is 9.78 Å². The molecule has 0 saturated carbocycles. The molecule has 2 aliphatic heterocycles. The van der Waals surface area contributed by atoms with Crippen LogP contribution in [0.2, 0.25) is 0 Å². The van der Waals surface area contributed by atoms with Crippen molar-refractivity contribution in [3.05, 3.63) is 78.6 Å². The minimum absolute atomic E-state index is 0.149. The number of thiophene rings is 1. The molecule has 39 heavy (non-hydrogen) atoms. The zero-order chi connectivity index (χ0) is 26.9. The molecular weight excluding hydrogens is 516 g/mol. The molecule has 6 rings (SSSR count). The first-order valence-corrected chi connectivity index (χ1v) is 13.3. The summed E-state index contributed by atoms with van der Waals surface area (Å²) >= 11 is 1.23. The third-order valence-electron chi connectivity index (χ3n) is 6.66. The molecule has 0 radical (unpaired) electrons. The molecule has 1 fully saturated rings. The third-order valence-corrected chi connectivity index (χ3v) is 7.76. The highest BCUT2D eigenvalue weighted by molar-refractivity contribution is 7.21. The lowest BCUT2D eigenvalue weighted by Gasteiger charge is -2.32. The molecular formula is C28H24N6O4S. The van der Waals surface area contributed by atoms with Crippen molar-refractivity contribution in [2.24, 2.45) is 0 Å². The van der Waals surface area contributed by atoms with Gasteiger partial charge in [0.05, 0.1) is 28.6 Å². The number of pyridine rings is 2. The van der Waals surface area contributed by atoms with Crippen molar-refractivity contribution < 1.29 is 19.1 Å². The minimum Gasteiger partial charge on any atom is -0.456 e. The van der Waals surface area contributed by atoms with E-state index in [1.165, 1.54) is 17.4 Å². The van der Waals surface area contributed by atoms with E-state index in [9.17, 15) is 14.4 Å². The van der Waals surface area contributed by atoms with Crippen LogP contribution in [0.15, 0.2) is 73.7 Å². The lowest BCUT2D eigenvalue weighted by molar-refractivity contribution is -0.127. The first-order valence-electron chi connectivity index (χ1n) is 12.4. The number of benzene rings is 1. The summed E-state index contributed by atoms with van der Waals surface area (Å²) in [6.45, 7) is 4.61. The smallest absolute Gasteiger partial charge is 0.331 e. The molecule has 1 atom stereocenters. The van der Waals surface area contributed by atoms with Crippen molar-refractivity contribution in [1.82, 2.24) is 20.2 Å². The van der Waals surface area contributed by atoms with Crippen LogP contribution in [0.4, 0.5) is 21.9 Å². The van der Waals surface area contributed by atoms with Gasteiger partial charge in [-0.1, -0.05) is 6.58 Å². The largest absolute Gasteiger partial charge is 0.456 e. The Hall–Kier alpha value is -4.77. The van der Waals surface area contributed by atoms with Crippen molar-refractivity contribution in [1.29, 1.82) is 0 Å². The summed E-state index contributed by atoms with van der Waals surface area (Å²) in [5, 5.41) is 6.65. The maximum absolute atomic E-state index is 13.4. The SMILES string of the molecule is C=CC(=O)N1CCC[C@@H](NC(=O)c2sc3nccc4c3c2NC(=O)N4c2ccc(Oc3cccnc3)cc2)C1. The lowest BCUT2D eigenvalue weighted by Crippen LogP contribution is -2.49. The fourth-order valence-corrected chi connectivity index (χ4v) is 5.91. The fraction of sp³-hybridized carbons (Fsp3) is 0.179. The van der Waals surface area contributed by atoms with Gasteiger partial charge in [0.2, 0.25) is 5.91 Å². The van der Waals surface area contributed by atoms with Crippen LogP contribution in [0.3, 0.4) is 0 Å². The van der Waals surface area contributed by atoms with E-state index in [0.717, 1.165) is 12.8 Å². The molecule has 0 unspecified atom stereocenters.